The van der Waals surface area contributed by atoms with E-state index in [2.05, 4.69) is 27.4 Å². The molecule has 2 fully saturated rings. The third-order valence-corrected chi connectivity index (χ3v) is 4.24. The predicted molar refractivity (Wildman–Crippen MR) is 75.5 cm³/mol. The number of hydrogen-bond acceptors (Lipinski definition) is 4. The van der Waals surface area contributed by atoms with Gasteiger partial charge in [0.1, 0.15) is 5.82 Å². The van der Waals surface area contributed by atoms with E-state index in [1.54, 1.807) is 0 Å². The van der Waals surface area contributed by atoms with E-state index in [9.17, 15) is 4.79 Å². The molecule has 0 spiro atoms. The van der Waals surface area contributed by atoms with E-state index in [1.165, 1.54) is 12.8 Å². The van der Waals surface area contributed by atoms with Gasteiger partial charge >= 0.3 is 0 Å². The van der Waals surface area contributed by atoms with Crippen LogP contribution in [-0.2, 0) is 0 Å². The molecule has 0 atom stereocenters. The number of likely N-dealkylation sites (tertiary alicyclic amines) is 1. The van der Waals surface area contributed by atoms with Gasteiger partial charge in [-0.15, -0.1) is 5.10 Å². The topological polar surface area (TPSA) is 73.9 Å². The molecule has 20 heavy (non-hydrogen) atoms. The highest BCUT2D eigenvalue weighted by atomic mass is 16.2. The van der Waals surface area contributed by atoms with Crippen molar-refractivity contribution >= 4 is 5.91 Å². The Labute approximate surface area is 119 Å². The molecule has 0 unspecified atom stereocenters. The number of aromatic nitrogens is 3. The number of rotatable bonds is 5. The fourth-order valence-corrected chi connectivity index (χ4v) is 2.74. The summed E-state index contributed by atoms with van der Waals surface area (Å²) in [7, 11) is 0. The standard InChI is InChI=1S/C14H23N5O/c1-2-15-9-10-5-7-19(8-6-10)14(20)13-16-12(17-18-13)11-3-4-11/h10-11,15H,2-9H2,1H3,(H,16,17,18). The van der Waals surface area contributed by atoms with Crippen molar-refractivity contribution in [3.8, 4) is 0 Å². The Morgan fingerprint density at radius 3 is 2.75 bits per heavy atom. The van der Waals surface area contributed by atoms with Gasteiger partial charge in [0, 0.05) is 19.0 Å². The van der Waals surface area contributed by atoms with Crippen LogP contribution in [0.4, 0.5) is 0 Å². The molecule has 0 radical (unpaired) electrons. The highest BCUT2D eigenvalue weighted by Crippen LogP contribution is 2.37. The zero-order valence-corrected chi connectivity index (χ0v) is 12.1. The summed E-state index contributed by atoms with van der Waals surface area (Å²) in [5.74, 6) is 2.41. The van der Waals surface area contributed by atoms with Crippen molar-refractivity contribution in [2.24, 2.45) is 5.92 Å². The first-order valence-electron chi connectivity index (χ1n) is 7.70. The molecule has 6 heteroatoms. The molecular formula is C14H23N5O. The van der Waals surface area contributed by atoms with Crippen molar-refractivity contribution in [2.45, 2.75) is 38.5 Å². The minimum absolute atomic E-state index is 0.0185. The van der Waals surface area contributed by atoms with Crippen molar-refractivity contribution in [3.63, 3.8) is 0 Å². The number of amides is 1. The largest absolute Gasteiger partial charge is 0.336 e. The molecule has 2 N–H and O–H groups in total. The average Bonchev–Trinajstić information content (AvgIpc) is 3.22. The van der Waals surface area contributed by atoms with E-state index in [0.29, 0.717) is 17.7 Å². The second-order valence-corrected chi connectivity index (χ2v) is 5.86. The summed E-state index contributed by atoms with van der Waals surface area (Å²) in [6.07, 6.45) is 4.47. The Bertz CT molecular complexity index is 460. The summed E-state index contributed by atoms with van der Waals surface area (Å²) in [6, 6.07) is 0. The van der Waals surface area contributed by atoms with Crippen molar-refractivity contribution in [1.29, 1.82) is 0 Å². The van der Waals surface area contributed by atoms with Crippen LogP contribution in [0.15, 0.2) is 0 Å². The summed E-state index contributed by atoms with van der Waals surface area (Å²) >= 11 is 0. The first kappa shape index (κ1) is 13.5. The molecule has 2 heterocycles. The smallest absolute Gasteiger partial charge is 0.293 e. The zero-order valence-electron chi connectivity index (χ0n) is 12.1. The van der Waals surface area contributed by atoms with Crippen molar-refractivity contribution in [2.75, 3.05) is 26.2 Å². The number of aromatic amines is 1. The monoisotopic (exact) mass is 277 g/mol. The Hall–Kier alpha value is -1.43. The molecule has 110 valence electrons. The van der Waals surface area contributed by atoms with Gasteiger partial charge in [-0.05, 0) is 44.7 Å². The molecule has 2 aliphatic rings. The Kier molecular flexibility index (Phi) is 4.00. The number of piperidine rings is 1. The first-order chi connectivity index (χ1) is 9.78. The molecule has 1 saturated heterocycles. The summed E-state index contributed by atoms with van der Waals surface area (Å²) in [4.78, 5) is 18.6. The summed E-state index contributed by atoms with van der Waals surface area (Å²) in [6.45, 7) is 5.84. The summed E-state index contributed by atoms with van der Waals surface area (Å²) in [5.41, 5.74) is 0. The lowest BCUT2D eigenvalue weighted by molar-refractivity contribution is 0.0678. The maximum atomic E-state index is 12.3. The SMILES string of the molecule is CCNCC1CCN(C(=O)c2n[nH]c(C3CC3)n2)CC1. The molecule has 0 bridgehead atoms. The van der Waals surface area contributed by atoms with Crippen LogP contribution in [0.2, 0.25) is 0 Å². The second-order valence-electron chi connectivity index (χ2n) is 5.86. The molecule has 1 saturated carbocycles. The first-order valence-corrected chi connectivity index (χ1v) is 7.70. The van der Waals surface area contributed by atoms with Gasteiger partial charge in [-0.25, -0.2) is 4.98 Å². The fourth-order valence-electron chi connectivity index (χ4n) is 2.74. The molecule has 0 aromatic carbocycles. The molecule has 6 nitrogen and oxygen atoms in total. The second kappa shape index (κ2) is 5.91. The number of nitrogens with zero attached hydrogens (tertiary/aromatic N) is 3. The molecule has 1 aliphatic carbocycles. The van der Waals surface area contributed by atoms with Gasteiger partial charge in [0.2, 0.25) is 5.82 Å². The van der Waals surface area contributed by atoms with Gasteiger partial charge in [0.15, 0.2) is 0 Å². The van der Waals surface area contributed by atoms with E-state index in [1.807, 2.05) is 4.90 Å². The van der Waals surface area contributed by atoms with Gasteiger partial charge < -0.3 is 10.2 Å². The third kappa shape index (κ3) is 3.00. The quantitative estimate of drug-likeness (QED) is 0.846. The van der Waals surface area contributed by atoms with E-state index in [0.717, 1.165) is 44.8 Å². The van der Waals surface area contributed by atoms with Crippen molar-refractivity contribution < 1.29 is 4.79 Å². The van der Waals surface area contributed by atoms with Crippen LogP contribution in [0, 0.1) is 5.92 Å². The van der Waals surface area contributed by atoms with Gasteiger partial charge in [0.05, 0.1) is 0 Å². The number of carbonyl (C=O) groups excluding carboxylic acids is 1. The molecule has 1 aliphatic heterocycles. The van der Waals surface area contributed by atoms with E-state index in [-0.39, 0.29) is 5.91 Å². The zero-order chi connectivity index (χ0) is 13.9. The number of hydrogen-bond donors (Lipinski definition) is 2. The van der Waals surface area contributed by atoms with Crippen LogP contribution in [0.1, 0.15) is 55.0 Å². The van der Waals surface area contributed by atoms with Crippen molar-refractivity contribution in [3.05, 3.63) is 11.6 Å². The van der Waals surface area contributed by atoms with E-state index in [4.69, 9.17) is 0 Å². The van der Waals surface area contributed by atoms with Crippen molar-refractivity contribution in [1.82, 2.24) is 25.4 Å². The van der Waals surface area contributed by atoms with Crippen LogP contribution < -0.4 is 5.32 Å². The third-order valence-electron chi connectivity index (χ3n) is 4.24. The Balaban J connectivity index is 1.52. The average molecular weight is 277 g/mol. The van der Waals surface area contributed by atoms with E-state index >= 15 is 0 Å². The van der Waals surface area contributed by atoms with Gasteiger partial charge in [-0.2, -0.15) is 0 Å². The van der Waals surface area contributed by atoms with Crippen LogP contribution in [0.3, 0.4) is 0 Å². The molecule has 1 aromatic heterocycles. The van der Waals surface area contributed by atoms with Crippen LogP contribution in [0.5, 0.6) is 0 Å². The number of H-pyrrole nitrogens is 1. The Morgan fingerprint density at radius 2 is 2.10 bits per heavy atom. The number of carbonyl (C=O) groups is 1. The van der Waals surface area contributed by atoms with Crippen LogP contribution >= 0.6 is 0 Å². The predicted octanol–water partition coefficient (Wildman–Crippen LogP) is 1.14. The van der Waals surface area contributed by atoms with Crippen LogP contribution in [-0.4, -0.2) is 52.2 Å². The lowest BCUT2D eigenvalue weighted by Crippen LogP contribution is -2.41. The summed E-state index contributed by atoms with van der Waals surface area (Å²) in [5, 5.41) is 10.4. The highest BCUT2D eigenvalue weighted by Gasteiger charge is 2.30. The van der Waals surface area contributed by atoms with Gasteiger partial charge in [-0.3, -0.25) is 9.89 Å². The molecule has 1 amide bonds. The lowest BCUT2D eigenvalue weighted by atomic mass is 9.97. The minimum Gasteiger partial charge on any atom is -0.336 e. The van der Waals surface area contributed by atoms with Gasteiger partial charge in [-0.1, -0.05) is 6.92 Å². The van der Waals surface area contributed by atoms with E-state index < -0.39 is 0 Å². The highest BCUT2D eigenvalue weighted by molar-refractivity contribution is 5.90. The maximum Gasteiger partial charge on any atom is 0.293 e. The van der Waals surface area contributed by atoms with Gasteiger partial charge in [0.25, 0.3) is 5.91 Å². The fraction of sp³-hybridized carbons (Fsp3) is 0.786. The molecular weight excluding hydrogens is 254 g/mol. The Morgan fingerprint density at radius 1 is 1.35 bits per heavy atom. The molecule has 1 aromatic rings. The molecule has 3 rings (SSSR count). The summed E-state index contributed by atoms with van der Waals surface area (Å²) < 4.78 is 0. The minimum atomic E-state index is -0.0185. The number of nitrogens with one attached hydrogen (secondary N) is 2. The normalized spacial score (nSPS) is 20.4. The lowest BCUT2D eigenvalue weighted by Gasteiger charge is -2.31. The maximum absolute atomic E-state index is 12.3. The van der Waals surface area contributed by atoms with Crippen LogP contribution in [0.25, 0.3) is 0 Å².